The fourth-order valence-electron chi connectivity index (χ4n) is 2.77. The van der Waals surface area contributed by atoms with Crippen molar-refractivity contribution in [3.8, 4) is 5.69 Å². The van der Waals surface area contributed by atoms with E-state index < -0.39 is 0 Å². The predicted octanol–water partition coefficient (Wildman–Crippen LogP) is 4.30. The standard InChI is InChI=1S/C20H25NO2/c1-3-8-19(22)12-16-14-21(18-10-6-5-7-11-18)15-17(16)13-20(23)9-4-2/h5-7,10-11,14-15H,3-4,8-9,12-13H2,1-2H3. The number of Topliss-reactive ketones (excluding diaryl/α,β-unsaturated/α-hetero) is 2. The van der Waals surface area contributed by atoms with Gasteiger partial charge in [0.1, 0.15) is 11.6 Å². The number of aromatic nitrogens is 1. The number of carbonyl (C=O) groups is 2. The van der Waals surface area contributed by atoms with Gasteiger partial charge < -0.3 is 4.57 Å². The van der Waals surface area contributed by atoms with Crippen molar-refractivity contribution in [1.29, 1.82) is 0 Å². The molecule has 23 heavy (non-hydrogen) atoms. The molecule has 0 aliphatic rings. The second kappa shape index (κ2) is 8.47. The van der Waals surface area contributed by atoms with Crippen LogP contribution in [0.4, 0.5) is 0 Å². The summed E-state index contributed by atoms with van der Waals surface area (Å²) >= 11 is 0. The summed E-state index contributed by atoms with van der Waals surface area (Å²) in [7, 11) is 0. The number of carbonyl (C=O) groups excluding carboxylic acids is 2. The molecule has 1 heterocycles. The molecule has 122 valence electrons. The number of hydrogen-bond donors (Lipinski definition) is 0. The third kappa shape index (κ3) is 4.92. The van der Waals surface area contributed by atoms with Crippen LogP contribution in [0.2, 0.25) is 0 Å². The van der Waals surface area contributed by atoms with Crippen LogP contribution in [0.25, 0.3) is 5.69 Å². The van der Waals surface area contributed by atoms with E-state index in [2.05, 4.69) is 0 Å². The Balaban J connectivity index is 2.27. The van der Waals surface area contributed by atoms with Crippen molar-refractivity contribution in [3.05, 3.63) is 53.9 Å². The lowest BCUT2D eigenvalue weighted by Gasteiger charge is -2.02. The third-order valence-electron chi connectivity index (χ3n) is 3.89. The Kier molecular flexibility index (Phi) is 6.33. The maximum Gasteiger partial charge on any atom is 0.137 e. The van der Waals surface area contributed by atoms with Gasteiger partial charge in [-0.15, -0.1) is 0 Å². The minimum Gasteiger partial charge on any atom is -0.323 e. The lowest BCUT2D eigenvalue weighted by molar-refractivity contribution is -0.119. The fraction of sp³-hybridized carbons (Fsp3) is 0.400. The summed E-state index contributed by atoms with van der Waals surface area (Å²) in [5, 5.41) is 0. The van der Waals surface area contributed by atoms with Gasteiger partial charge in [-0.1, -0.05) is 32.0 Å². The molecule has 3 heteroatoms. The monoisotopic (exact) mass is 311 g/mol. The zero-order valence-electron chi connectivity index (χ0n) is 14.0. The molecular formula is C20H25NO2. The van der Waals surface area contributed by atoms with Crippen LogP contribution in [0.5, 0.6) is 0 Å². The van der Waals surface area contributed by atoms with Crippen LogP contribution in [0, 0.1) is 0 Å². The summed E-state index contributed by atoms with van der Waals surface area (Å²) in [5.41, 5.74) is 3.01. The van der Waals surface area contributed by atoms with Crippen LogP contribution in [0.15, 0.2) is 42.7 Å². The van der Waals surface area contributed by atoms with Crippen molar-refractivity contribution >= 4 is 11.6 Å². The zero-order valence-corrected chi connectivity index (χ0v) is 14.0. The summed E-state index contributed by atoms with van der Waals surface area (Å²) in [6.07, 6.45) is 7.75. The first-order chi connectivity index (χ1) is 11.1. The molecule has 1 aromatic heterocycles. The van der Waals surface area contributed by atoms with Crippen LogP contribution < -0.4 is 0 Å². The lowest BCUT2D eigenvalue weighted by atomic mass is 10.0. The largest absolute Gasteiger partial charge is 0.323 e. The van der Waals surface area contributed by atoms with E-state index in [1.54, 1.807) is 0 Å². The Morgan fingerprint density at radius 3 is 1.74 bits per heavy atom. The molecule has 0 N–H and O–H groups in total. The zero-order chi connectivity index (χ0) is 16.7. The van der Waals surface area contributed by atoms with Gasteiger partial charge in [0, 0.05) is 43.8 Å². The quantitative estimate of drug-likeness (QED) is 0.692. The molecule has 2 rings (SSSR count). The molecule has 0 aliphatic carbocycles. The van der Waals surface area contributed by atoms with Crippen LogP contribution in [-0.2, 0) is 22.4 Å². The van der Waals surface area contributed by atoms with Gasteiger partial charge in [0.05, 0.1) is 0 Å². The van der Waals surface area contributed by atoms with Crippen LogP contribution >= 0.6 is 0 Å². The summed E-state index contributed by atoms with van der Waals surface area (Å²) in [6.45, 7) is 4.03. The fourth-order valence-corrected chi connectivity index (χ4v) is 2.77. The van der Waals surface area contributed by atoms with Crippen molar-refractivity contribution < 1.29 is 9.59 Å². The predicted molar refractivity (Wildman–Crippen MR) is 93.0 cm³/mol. The minimum atomic E-state index is 0.238. The molecular weight excluding hydrogens is 286 g/mol. The average molecular weight is 311 g/mol. The Morgan fingerprint density at radius 2 is 1.30 bits per heavy atom. The second-order valence-electron chi connectivity index (χ2n) is 5.98. The highest BCUT2D eigenvalue weighted by Crippen LogP contribution is 2.19. The molecule has 0 bridgehead atoms. The molecule has 0 atom stereocenters. The molecule has 0 spiro atoms. The SMILES string of the molecule is CCCC(=O)Cc1cn(-c2ccccc2)cc1CC(=O)CCC. The Hall–Kier alpha value is -2.16. The molecule has 3 nitrogen and oxygen atoms in total. The summed E-state index contributed by atoms with van der Waals surface area (Å²) in [4.78, 5) is 24.1. The highest BCUT2D eigenvalue weighted by atomic mass is 16.1. The Labute approximate surface area is 138 Å². The van der Waals surface area contributed by atoms with E-state index in [0.717, 1.165) is 29.7 Å². The van der Waals surface area contributed by atoms with E-state index in [1.165, 1.54) is 0 Å². The van der Waals surface area contributed by atoms with Gasteiger partial charge in [-0.05, 0) is 36.1 Å². The van der Waals surface area contributed by atoms with Gasteiger partial charge in [0.2, 0.25) is 0 Å². The molecule has 0 radical (unpaired) electrons. The number of nitrogens with zero attached hydrogens (tertiary/aromatic N) is 1. The van der Waals surface area contributed by atoms with E-state index in [1.807, 2.05) is 61.1 Å². The van der Waals surface area contributed by atoms with Crippen molar-refractivity contribution in [2.75, 3.05) is 0 Å². The van der Waals surface area contributed by atoms with Gasteiger partial charge in [-0.3, -0.25) is 9.59 Å². The van der Waals surface area contributed by atoms with E-state index in [9.17, 15) is 9.59 Å². The molecule has 0 saturated heterocycles. The number of para-hydroxylation sites is 1. The van der Waals surface area contributed by atoms with Crippen molar-refractivity contribution in [2.24, 2.45) is 0 Å². The number of hydrogen-bond acceptors (Lipinski definition) is 2. The maximum atomic E-state index is 12.0. The Bertz CT molecular complexity index is 618. The summed E-state index contributed by atoms with van der Waals surface area (Å²) in [6, 6.07) is 9.99. The van der Waals surface area contributed by atoms with Crippen molar-refractivity contribution in [3.63, 3.8) is 0 Å². The third-order valence-corrected chi connectivity index (χ3v) is 3.89. The smallest absolute Gasteiger partial charge is 0.137 e. The first kappa shape index (κ1) is 17.2. The topological polar surface area (TPSA) is 39.1 Å². The minimum absolute atomic E-state index is 0.238. The normalized spacial score (nSPS) is 10.7. The number of rotatable bonds is 9. The van der Waals surface area contributed by atoms with Crippen LogP contribution in [0.3, 0.4) is 0 Å². The molecule has 0 amide bonds. The first-order valence-corrected chi connectivity index (χ1v) is 8.42. The summed E-state index contributed by atoms with van der Waals surface area (Å²) in [5.74, 6) is 0.477. The first-order valence-electron chi connectivity index (χ1n) is 8.42. The number of ketones is 2. The van der Waals surface area contributed by atoms with E-state index in [4.69, 9.17) is 0 Å². The second-order valence-corrected chi connectivity index (χ2v) is 5.98. The molecule has 1 aromatic carbocycles. The highest BCUT2D eigenvalue weighted by molar-refractivity contribution is 5.84. The van der Waals surface area contributed by atoms with Crippen molar-refractivity contribution in [2.45, 2.75) is 52.4 Å². The van der Waals surface area contributed by atoms with Gasteiger partial charge in [0.25, 0.3) is 0 Å². The van der Waals surface area contributed by atoms with Crippen molar-refractivity contribution in [1.82, 2.24) is 4.57 Å². The summed E-state index contributed by atoms with van der Waals surface area (Å²) < 4.78 is 2.02. The lowest BCUT2D eigenvalue weighted by Crippen LogP contribution is -2.06. The van der Waals surface area contributed by atoms with Gasteiger partial charge >= 0.3 is 0 Å². The molecule has 0 saturated carbocycles. The van der Waals surface area contributed by atoms with E-state index >= 15 is 0 Å². The molecule has 0 aliphatic heterocycles. The maximum absolute atomic E-state index is 12.0. The van der Waals surface area contributed by atoms with E-state index in [-0.39, 0.29) is 11.6 Å². The van der Waals surface area contributed by atoms with Crippen LogP contribution in [-0.4, -0.2) is 16.1 Å². The van der Waals surface area contributed by atoms with E-state index in [0.29, 0.717) is 25.7 Å². The Morgan fingerprint density at radius 1 is 0.826 bits per heavy atom. The number of benzene rings is 1. The molecule has 2 aromatic rings. The highest BCUT2D eigenvalue weighted by Gasteiger charge is 2.14. The average Bonchev–Trinajstić information content (AvgIpc) is 2.91. The van der Waals surface area contributed by atoms with Crippen LogP contribution in [0.1, 0.15) is 50.7 Å². The van der Waals surface area contributed by atoms with Gasteiger partial charge in [-0.2, -0.15) is 0 Å². The molecule has 0 fully saturated rings. The van der Waals surface area contributed by atoms with Gasteiger partial charge in [0.15, 0.2) is 0 Å². The molecule has 0 unspecified atom stereocenters. The van der Waals surface area contributed by atoms with Gasteiger partial charge in [-0.25, -0.2) is 0 Å².